The van der Waals surface area contributed by atoms with Gasteiger partial charge in [0.05, 0.1) is 13.1 Å². The molecule has 3 N–H and O–H groups in total. The lowest BCUT2D eigenvalue weighted by molar-refractivity contribution is -0.135. The first-order chi connectivity index (χ1) is 8.63. The molecule has 2 aliphatic rings. The van der Waals surface area contributed by atoms with Crippen molar-refractivity contribution in [2.24, 2.45) is 11.7 Å². The molecule has 110 valence electrons. The van der Waals surface area contributed by atoms with Crippen molar-refractivity contribution in [2.75, 3.05) is 13.1 Å². The molecule has 0 aromatic rings. The number of carbonyl (C=O) groups is 2. The first kappa shape index (κ1) is 16.2. The summed E-state index contributed by atoms with van der Waals surface area (Å²) in [5.74, 6) is 0.442. The number of rotatable bonds is 3. The summed E-state index contributed by atoms with van der Waals surface area (Å²) in [6.07, 6.45) is 5.98. The Morgan fingerprint density at radius 3 is 2.68 bits per heavy atom. The van der Waals surface area contributed by atoms with E-state index in [1.165, 1.54) is 19.3 Å². The topological polar surface area (TPSA) is 75.4 Å². The molecule has 3 atom stereocenters. The van der Waals surface area contributed by atoms with Gasteiger partial charge in [-0.1, -0.05) is 12.8 Å². The predicted octanol–water partition coefficient (Wildman–Crippen LogP) is 0.663. The molecule has 1 heterocycles. The Morgan fingerprint density at radius 1 is 1.32 bits per heavy atom. The zero-order chi connectivity index (χ0) is 13.1. The Hall–Kier alpha value is -0.810. The SMILES string of the molecule is CC1CC2CCCCC2N1C(=O)CNC(=O)CN.Cl. The lowest BCUT2D eigenvalue weighted by Gasteiger charge is -2.33. The molecule has 1 aliphatic heterocycles. The highest BCUT2D eigenvalue weighted by Crippen LogP contribution is 2.39. The van der Waals surface area contributed by atoms with E-state index in [1.807, 2.05) is 4.90 Å². The summed E-state index contributed by atoms with van der Waals surface area (Å²) in [7, 11) is 0. The van der Waals surface area contributed by atoms with Crippen LogP contribution in [0.4, 0.5) is 0 Å². The average molecular weight is 290 g/mol. The Labute approximate surface area is 120 Å². The summed E-state index contributed by atoms with van der Waals surface area (Å²) in [5.41, 5.74) is 5.21. The molecule has 5 nitrogen and oxygen atoms in total. The third kappa shape index (κ3) is 3.60. The van der Waals surface area contributed by atoms with E-state index in [0.29, 0.717) is 18.0 Å². The molecule has 1 aliphatic carbocycles. The van der Waals surface area contributed by atoms with Crippen LogP contribution >= 0.6 is 12.4 Å². The molecule has 2 rings (SSSR count). The van der Waals surface area contributed by atoms with Gasteiger partial charge in [0.2, 0.25) is 11.8 Å². The van der Waals surface area contributed by atoms with Gasteiger partial charge in [0, 0.05) is 12.1 Å². The second-order valence-electron chi connectivity index (χ2n) is 5.48. The molecule has 2 amide bonds. The van der Waals surface area contributed by atoms with Crippen LogP contribution in [0.15, 0.2) is 0 Å². The quantitative estimate of drug-likeness (QED) is 0.801. The minimum atomic E-state index is -0.268. The van der Waals surface area contributed by atoms with E-state index in [1.54, 1.807) is 0 Å². The Morgan fingerprint density at radius 2 is 2.00 bits per heavy atom. The number of carbonyl (C=O) groups excluding carboxylic acids is 2. The maximum atomic E-state index is 12.2. The van der Waals surface area contributed by atoms with E-state index in [9.17, 15) is 9.59 Å². The summed E-state index contributed by atoms with van der Waals surface area (Å²) < 4.78 is 0. The number of amides is 2. The van der Waals surface area contributed by atoms with Crippen LogP contribution in [0, 0.1) is 5.92 Å². The predicted molar refractivity (Wildman–Crippen MR) is 76.0 cm³/mol. The van der Waals surface area contributed by atoms with Crippen LogP contribution < -0.4 is 11.1 Å². The number of fused-ring (bicyclic) bond motifs is 1. The minimum absolute atomic E-state index is 0. The number of hydrogen-bond donors (Lipinski definition) is 2. The van der Waals surface area contributed by atoms with Gasteiger partial charge >= 0.3 is 0 Å². The largest absolute Gasteiger partial charge is 0.346 e. The van der Waals surface area contributed by atoms with Crippen LogP contribution in [0.5, 0.6) is 0 Å². The molecule has 0 bridgehead atoms. The number of nitrogens with one attached hydrogen (secondary N) is 1. The minimum Gasteiger partial charge on any atom is -0.346 e. The summed E-state index contributed by atoms with van der Waals surface area (Å²) in [5, 5.41) is 2.57. The number of likely N-dealkylation sites (tertiary alicyclic amines) is 1. The van der Waals surface area contributed by atoms with Crippen molar-refractivity contribution in [3.63, 3.8) is 0 Å². The van der Waals surface area contributed by atoms with E-state index in [-0.39, 0.29) is 37.3 Å². The maximum Gasteiger partial charge on any atom is 0.242 e. The highest BCUT2D eigenvalue weighted by atomic mass is 35.5. The average Bonchev–Trinajstić information content (AvgIpc) is 2.71. The highest BCUT2D eigenvalue weighted by Gasteiger charge is 2.42. The second-order valence-corrected chi connectivity index (χ2v) is 5.48. The van der Waals surface area contributed by atoms with Gasteiger partial charge in [-0.15, -0.1) is 12.4 Å². The molecule has 1 saturated heterocycles. The fourth-order valence-electron chi connectivity index (χ4n) is 3.48. The van der Waals surface area contributed by atoms with Crippen molar-refractivity contribution >= 4 is 24.2 Å². The van der Waals surface area contributed by atoms with Gasteiger partial charge in [-0.2, -0.15) is 0 Å². The molecule has 0 radical (unpaired) electrons. The van der Waals surface area contributed by atoms with Crippen LogP contribution in [0.2, 0.25) is 0 Å². The molecular weight excluding hydrogens is 266 g/mol. The van der Waals surface area contributed by atoms with E-state index < -0.39 is 0 Å². The van der Waals surface area contributed by atoms with Gasteiger partial charge < -0.3 is 16.0 Å². The second kappa shape index (κ2) is 7.10. The van der Waals surface area contributed by atoms with Gasteiger partial charge in [-0.25, -0.2) is 0 Å². The standard InChI is InChI=1S/C13H23N3O2.ClH/c1-9-6-10-4-2-3-5-11(10)16(9)13(18)8-15-12(17)7-14;/h9-11H,2-8,14H2,1H3,(H,15,17);1H. The zero-order valence-electron chi connectivity index (χ0n) is 11.4. The number of nitrogens with zero attached hydrogens (tertiary/aromatic N) is 1. The van der Waals surface area contributed by atoms with Gasteiger partial charge in [0.1, 0.15) is 0 Å². The smallest absolute Gasteiger partial charge is 0.242 e. The molecule has 19 heavy (non-hydrogen) atoms. The van der Waals surface area contributed by atoms with Crippen molar-refractivity contribution < 1.29 is 9.59 Å². The third-order valence-electron chi connectivity index (χ3n) is 4.26. The first-order valence-electron chi connectivity index (χ1n) is 6.91. The summed E-state index contributed by atoms with van der Waals surface area (Å²) in [6.45, 7) is 2.14. The van der Waals surface area contributed by atoms with Crippen LogP contribution in [0.1, 0.15) is 39.0 Å². The lowest BCUT2D eigenvalue weighted by atomic mass is 9.85. The Bertz CT molecular complexity index is 338. The summed E-state index contributed by atoms with van der Waals surface area (Å²) in [4.78, 5) is 25.3. The fraction of sp³-hybridized carbons (Fsp3) is 0.846. The van der Waals surface area contributed by atoms with E-state index in [4.69, 9.17) is 5.73 Å². The molecule has 3 unspecified atom stereocenters. The lowest BCUT2D eigenvalue weighted by Crippen LogP contribution is -2.47. The molecular formula is C13H24ClN3O2. The monoisotopic (exact) mass is 289 g/mol. The number of nitrogens with two attached hydrogens (primary N) is 1. The Balaban J connectivity index is 0.00000180. The van der Waals surface area contributed by atoms with Gasteiger partial charge in [0.25, 0.3) is 0 Å². The van der Waals surface area contributed by atoms with Crippen molar-refractivity contribution in [1.29, 1.82) is 0 Å². The maximum absolute atomic E-state index is 12.2. The highest BCUT2D eigenvalue weighted by molar-refractivity contribution is 5.86. The molecule has 0 spiro atoms. The molecule has 6 heteroatoms. The van der Waals surface area contributed by atoms with Crippen molar-refractivity contribution in [2.45, 2.75) is 51.1 Å². The van der Waals surface area contributed by atoms with Gasteiger partial charge in [-0.3, -0.25) is 9.59 Å². The van der Waals surface area contributed by atoms with Gasteiger partial charge in [-0.05, 0) is 32.1 Å². The molecule has 1 saturated carbocycles. The zero-order valence-corrected chi connectivity index (χ0v) is 12.2. The van der Waals surface area contributed by atoms with Crippen molar-refractivity contribution in [3.05, 3.63) is 0 Å². The molecule has 2 fully saturated rings. The van der Waals surface area contributed by atoms with Crippen LogP contribution in [0.3, 0.4) is 0 Å². The van der Waals surface area contributed by atoms with Crippen molar-refractivity contribution in [3.8, 4) is 0 Å². The van der Waals surface area contributed by atoms with E-state index >= 15 is 0 Å². The van der Waals surface area contributed by atoms with E-state index in [0.717, 1.165) is 12.8 Å². The third-order valence-corrected chi connectivity index (χ3v) is 4.26. The van der Waals surface area contributed by atoms with E-state index in [2.05, 4.69) is 12.2 Å². The number of halogens is 1. The summed E-state index contributed by atoms with van der Waals surface area (Å²) >= 11 is 0. The van der Waals surface area contributed by atoms with Gasteiger partial charge in [0.15, 0.2) is 0 Å². The van der Waals surface area contributed by atoms with Crippen LogP contribution in [-0.2, 0) is 9.59 Å². The van der Waals surface area contributed by atoms with Crippen LogP contribution in [0.25, 0.3) is 0 Å². The molecule has 0 aromatic heterocycles. The Kier molecular flexibility index (Phi) is 6.07. The number of hydrogen-bond acceptors (Lipinski definition) is 3. The fourth-order valence-corrected chi connectivity index (χ4v) is 3.48. The first-order valence-corrected chi connectivity index (χ1v) is 6.91. The normalized spacial score (nSPS) is 29.4. The molecule has 0 aromatic carbocycles. The summed E-state index contributed by atoms with van der Waals surface area (Å²) in [6, 6.07) is 0.705. The van der Waals surface area contributed by atoms with Crippen LogP contribution in [-0.4, -0.2) is 41.9 Å². The van der Waals surface area contributed by atoms with Crippen molar-refractivity contribution in [1.82, 2.24) is 10.2 Å².